The molecule has 1 N–H and O–H groups in total. The average molecular weight is 325 g/mol. The molecule has 1 aliphatic carbocycles. The summed E-state index contributed by atoms with van der Waals surface area (Å²) in [4.78, 5) is 16.9. The molecule has 3 rings (SSSR count). The van der Waals surface area contributed by atoms with Crippen LogP contribution in [0.25, 0.3) is 0 Å². The van der Waals surface area contributed by atoms with Gasteiger partial charge in [-0.3, -0.25) is 4.90 Å². The van der Waals surface area contributed by atoms with Crippen molar-refractivity contribution in [2.24, 2.45) is 0 Å². The number of hydrogen-bond acceptors (Lipinski definition) is 5. The van der Waals surface area contributed by atoms with E-state index in [0.717, 1.165) is 32.8 Å². The highest BCUT2D eigenvalue weighted by Gasteiger charge is 2.50. The third-order valence-corrected chi connectivity index (χ3v) is 5.09. The first-order chi connectivity index (χ1) is 10.8. The molecule has 0 aromatic rings. The summed E-state index contributed by atoms with van der Waals surface area (Å²) in [6.45, 7) is 13.0. The van der Waals surface area contributed by atoms with Gasteiger partial charge in [-0.05, 0) is 40.5 Å². The number of rotatable bonds is 2. The van der Waals surface area contributed by atoms with Gasteiger partial charge in [0, 0.05) is 43.8 Å². The van der Waals surface area contributed by atoms with Gasteiger partial charge in [0.2, 0.25) is 0 Å². The molecule has 2 aliphatic heterocycles. The number of ether oxygens (including phenoxy) is 2. The second-order valence-electron chi connectivity index (χ2n) is 8.31. The molecule has 1 saturated carbocycles. The van der Waals surface area contributed by atoms with Crippen LogP contribution in [-0.4, -0.2) is 78.5 Å². The van der Waals surface area contributed by atoms with Crippen molar-refractivity contribution in [3.8, 4) is 0 Å². The molecular weight excluding hydrogens is 294 g/mol. The minimum atomic E-state index is -0.445. The first-order valence-corrected chi connectivity index (χ1v) is 8.85. The van der Waals surface area contributed by atoms with E-state index in [1.807, 2.05) is 25.7 Å². The molecule has 2 heterocycles. The molecule has 1 amide bonds. The monoisotopic (exact) mass is 325 g/mol. The molecule has 132 valence electrons. The molecular formula is C17H31N3O3. The maximum atomic E-state index is 12.4. The molecule has 2 atom stereocenters. The number of nitrogens with one attached hydrogen (secondary N) is 1. The van der Waals surface area contributed by atoms with Crippen LogP contribution in [0, 0.1) is 0 Å². The number of carbonyl (C=O) groups excluding carboxylic acids is 1. The molecule has 3 fully saturated rings. The summed E-state index contributed by atoms with van der Waals surface area (Å²) in [6.07, 6.45) is 2.29. The molecule has 6 heteroatoms. The predicted molar refractivity (Wildman–Crippen MR) is 88.5 cm³/mol. The summed E-state index contributed by atoms with van der Waals surface area (Å²) < 4.78 is 11.2. The quantitative estimate of drug-likeness (QED) is 0.833. The van der Waals surface area contributed by atoms with E-state index in [2.05, 4.69) is 17.1 Å². The predicted octanol–water partition coefficient (Wildman–Crippen LogP) is 1.45. The Balaban J connectivity index is 1.58. The van der Waals surface area contributed by atoms with Crippen LogP contribution in [0.1, 0.15) is 40.5 Å². The first-order valence-electron chi connectivity index (χ1n) is 8.85. The highest BCUT2D eigenvalue weighted by atomic mass is 16.6. The van der Waals surface area contributed by atoms with Crippen molar-refractivity contribution in [2.45, 2.75) is 63.8 Å². The fourth-order valence-corrected chi connectivity index (χ4v) is 3.55. The average Bonchev–Trinajstić information content (AvgIpc) is 3.22. The lowest BCUT2D eigenvalue weighted by atomic mass is 10.1. The van der Waals surface area contributed by atoms with Crippen LogP contribution in [0.3, 0.4) is 0 Å². The van der Waals surface area contributed by atoms with Crippen molar-refractivity contribution in [1.82, 2.24) is 15.1 Å². The molecule has 0 aromatic carbocycles. The second-order valence-corrected chi connectivity index (χ2v) is 8.31. The van der Waals surface area contributed by atoms with E-state index >= 15 is 0 Å². The Morgan fingerprint density at radius 3 is 2.78 bits per heavy atom. The van der Waals surface area contributed by atoms with Crippen LogP contribution in [0.5, 0.6) is 0 Å². The van der Waals surface area contributed by atoms with Gasteiger partial charge >= 0.3 is 6.09 Å². The lowest BCUT2D eigenvalue weighted by Gasteiger charge is -2.43. The highest BCUT2D eigenvalue weighted by molar-refractivity contribution is 5.68. The largest absolute Gasteiger partial charge is 0.444 e. The van der Waals surface area contributed by atoms with E-state index in [9.17, 15) is 4.79 Å². The number of hydrogen-bond donors (Lipinski definition) is 1. The van der Waals surface area contributed by atoms with E-state index in [1.54, 1.807) is 0 Å². The van der Waals surface area contributed by atoms with Crippen molar-refractivity contribution < 1.29 is 14.3 Å². The van der Waals surface area contributed by atoms with Gasteiger partial charge in [-0.1, -0.05) is 0 Å². The van der Waals surface area contributed by atoms with Crippen molar-refractivity contribution in [2.75, 3.05) is 39.4 Å². The van der Waals surface area contributed by atoms with E-state index in [1.165, 1.54) is 12.8 Å². The highest BCUT2D eigenvalue weighted by Crippen LogP contribution is 2.43. The number of piperazine rings is 1. The zero-order chi connectivity index (χ0) is 16.7. The summed E-state index contributed by atoms with van der Waals surface area (Å²) in [5.41, 5.74) is -0.154. The normalized spacial score (nSPS) is 31.2. The fourth-order valence-electron chi connectivity index (χ4n) is 3.55. The summed E-state index contributed by atoms with van der Waals surface area (Å²) >= 11 is 0. The van der Waals surface area contributed by atoms with Crippen molar-refractivity contribution in [3.63, 3.8) is 0 Å². The Morgan fingerprint density at radius 1 is 1.39 bits per heavy atom. The van der Waals surface area contributed by atoms with E-state index in [-0.39, 0.29) is 12.1 Å². The molecule has 6 nitrogen and oxygen atoms in total. The topological polar surface area (TPSA) is 54.0 Å². The van der Waals surface area contributed by atoms with Crippen LogP contribution in [0.4, 0.5) is 4.79 Å². The van der Waals surface area contributed by atoms with Gasteiger partial charge in [-0.15, -0.1) is 0 Å². The minimum absolute atomic E-state index is 0.167. The third-order valence-electron chi connectivity index (χ3n) is 5.09. The molecule has 0 bridgehead atoms. The zero-order valence-electron chi connectivity index (χ0n) is 14.9. The molecule has 2 saturated heterocycles. The molecule has 0 aromatic heterocycles. The summed E-state index contributed by atoms with van der Waals surface area (Å²) in [5, 5.41) is 3.60. The van der Waals surface area contributed by atoms with Crippen molar-refractivity contribution >= 4 is 6.09 Å². The molecule has 0 unspecified atom stereocenters. The summed E-state index contributed by atoms with van der Waals surface area (Å²) in [7, 11) is 0. The van der Waals surface area contributed by atoms with Crippen LogP contribution in [-0.2, 0) is 9.47 Å². The third kappa shape index (κ3) is 3.98. The van der Waals surface area contributed by atoms with Crippen molar-refractivity contribution in [1.29, 1.82) is 0 Å². The Hall–Kier alpha value is -0.850. The van der Waals surface area contributed by atoms with E-state index in [0.29, 0.717) is 18.1 Å². The van der Waals surface area contributed by atoms with E-state index in [4.69, 9.17) is 9.47 Å². The van der Waals surface area contributed by atoms with Gasteiger partial charge in [0.15, 0.2) is 0 Å². The van der Waals surface area contributed by atoms with Gasteiger partial charge in [0.05, 0.1) is 13.2 Å². The van der Waals surface area contributed by atoms with Crippen LogP contribution in [0.2, 0.25) is 0 Å². The van der Waals surface area contributed by atoms with Crippen molar-refractivity contribution in [3.05, 3.63) is 0 Å². The van der Waals surface area contributed by atoms with Crippen LogP contribution < -0.4 is 5.32 Å². The lowest BCUT2D eigenvalue weighted by Crippen LogP contribution is -2.62. The summed E-state index contributed by atoms with van der Waals surface area (Å²) in [5.74, 6) is 0. The molecule has 0 radical (unpaired) electrons. The fraction of sp³-hybridized carbons (Fsp3) is 0.941. The van der Waals surface area contributed by atoms with E-state index < -0.39 is 5.60 Å². The van der Waals surface area contributed by atoms with Gasteiger partial charge < -0.3 is 19.7 Å². The lowest BCUT2D eigenvalue weighted by molar-refractivity contribution is -0.0311. The summed E-state index contributed by atoms with van der Waals surface area (Å²) in [6, 6.07) is 0.468. The van der Waals surface area contributed by atoms with Gasteiger partial charge in [-0.25, -0.2) is 4.79 Å². The molecule has 1 spiro atoms. The molecule has 23 heavy (non-hydrogen) atoms. The number of nitrogens with zero attached hydrogens (tertiary/aromatic N) is 2. The minimum Gasteiger partial charge on any atom is -0.444 e. The SMILES string of the molecule is C[C@@H]1CN[C@@H](CN2CCOCC23CC3)CN1C(=O)OC(C)(C)C. The standard InChI is InChI=1S/C17H31N3O3/c1-13-9-18-14(11-20(13)15(21)23-16(2,3)4)10-19-7-8-22-12-17(19)5-6-17/h13-14,18H,5-12H2,1-4H3/t13-,14+/m1/s1. The smallest absolute Gasteiger partial charge is 0.410 e. The Morgan fingerprint density at radius 2 is 2.13 bits per heavy atom. The van der Waals surface area contributed by atoms with Gasteiger partial charge in [0.1, 0.15) is 5.60 Å². The van der Waals surface area contributed by atoms with Gasteiger partial charge in [0.25, 0.3) is 0 Å². The maximum absolute atomic E-state index is 12.4. The zero-order valence-corrected chi connectivity index (χ0v) is 14.9. The molecule has 3 aliphatic rings. The Kier molecular flexibility index (Phi) is 4.60. The Labute approximate surface area is 139 Å². The number of morpholine rings is 1. The number of amides is 1. The maximum Gasteiger partial charge on any atom is 0.410 e. The second kappa shape index (κ2) is 6.22. The first kappa shape index (κ1) is 17.0. The van der Waals surface area contributed by atoms with Gasteiger partial charge in [-0.2, -0.15) is 0 Å². The van der Waals surface area contributed by atoms with Crippen LogP contribution >= 0.6 is 0 Å². The van der Waals surface area contributed by atoms with Crippen LogP contribution in [0.15, 0.2) is 0 Å². The Bertz CT molecular complexity index is 445. The number of carbonyl (C=O) groups is 1.